The highest BCUT2D eigenvalue weighted by Crippen LogP contribution is 2.45. The van der Waals surface area contributed by atoms with Gasteiger partial charge >= 0.3 is 0 Å². The molecule has 8 heteroatoms. The number of hydrogen-bond acceptors (Lipinski definition) is 6. The monoisotopic (exact) mass is 862 g/mol. The summed E-state index contributed by atoms with van der Waals surface area (Å²) in [7, 11) is 0. The minimum Gasteiger partial charge on any atom is -0.307 e. The summed E-state index contributed by atoms with van der Waals surface area (Å²) < 4.78 is 3.91. The first kappa shape index (κ1) is 40.3. The van der Waals surface area contributed by atoms with Crippen molar-refractivity contribution in [2.75, 3.05) is 0 Å². The SMILES string of the molecule is N#Cc1cc(-n2c3cc(C#N)c(-c4ccccc4)cc3c3cc(-c4ccccc4)c(C#N)cc32)c(-n2c3cc(C#N)c(-c4ccccc4)cc3c3cc(-c4ccccc4)c(C#N)cc32)cc1C#N. The van der Waals surface area contributed by atoms with Gasteiger partial charge in [-0.3, -0.25) is 0 Å². The zero-order valence-corrected chi connectivity index (χ0v) is 35.9. The fourth-order valence-electron chi connectivity index (χ4n) is 9.65. The summed E-state index contributed by atoms with van der Waals surface area (Å²) in [5, 5.41) is 67.8. The Bertz CT molecular complexity index is 3680. The van der Waals surface area contributed by atoms with Gasteiger partial charge in [-0.15, -0.1) is 0 Å². The van der Waals surface area contributed by atoms with E-state index in [0.717, 1.165) is 66.1 Å². The van der Waals surface area contributed by atoms with Crippen molar-refractivity contribution in [3.05, 3.63) is 215 Å². The molecule has 0 unspecified atom stereocenters. The lowest BCUT2D eigenvalue weighted by molar-refractivity contribution is 1.09. The first-order valence-corrected chi connectivity index (χ1v) is 21.6. The number of nitrogens with zero attached hydrogens (tertiary/aromatic N) is 8. The molecule has 0 fully saturated rings. The fourth-order valence-corrected chi connectivity index (χ4v) is 9.65. The topological polar surface area (TPSA) is 153 Å². The Labute approximate surface area is 390 Å². The van der Waals surface area contributed by atoms with Gasteiger partial charge in [-0.05, 0) is 82.9 Å². The Hall–Kier alpha value is -10.5. The molecule has 0 spiro atoms. The van der Waals surface area contributed by atoms with Crippen molar-refractivity contribution in [2.45, 2.75) is 0 Å². The predicted octanol–water partition coefficient (Wildman–Crippen LogP) is 13.8. The van der Waals surface area contributed by atoms with E-state index in [1.165, 1.54) is 0 Å². The lowest BCUT2D eigenvalue weighted by Gasteiger charge is -2.19. The molecule has 0 atom stereocenters. The highest BCUT2D eigenvalue weighted by Gasteiger charge is 2.26. The lowest BCUT2D eigenvalue weighted by atomic mass is 9.95. The molecule has 0 bridgehead atoms. The van der Waals surface area contributed by atoms with Crippen molar-refractivity contribution < 1.29 is 0 Å². The Morgan fingerprint density at radius 3 is 0.676 bits per heavy atom. The average Bonchev–Trinajstić information content (AvgIpc) is 3.89. The summed E-state index contributed by atoms with van der Waals surface area (Å²) in [6.07, 6.45) is 0. The van der Waals surface area contributed by atoms with E-state index in [1.54, 1.807) is 12.1 Å². The minimum absolute atomic E-state index is 0.109. The molecule has 0 saturated carbocycles. The molecule has 2 aromatic heterocycles. The van der Waals surface area contributed by atoms with Crippen LogP contribution in [0.2, 0.25) is 0 Å². The van der Waals surface area contributed by atoms with Crippen molar-refractivity contribution in [2.24, 2.45) is 0 Å². The molecule has 310 valence electrons. The van der Waals surface area contributed by atoms with Crippen LogP contribution in [0, 0.1) is 68.0 Å². The maximum absolute atomic E-state index is 10.8. The second-order valence-electron chi connectivity index (χ2n) is 16.4. The molecule has 0 saturated heterocycles. The third-order valence-corrected chi connectivity index (χ3v) is 12.7. The van der Waals surface area contributed by atoms with Crippen molar-refractivity contribution >= 4 is 43.6 Å². The summed E-state index contributed by atoms with van der Waals surface area (Å²) >= 11 is 0. The first-order chi connectivity index (χ1) is 33.5. The number of benzene rings is 9. The molecule has 11 rings (SSSR count). The second-order valence-corrected chi connectivity index (χ2v) is 16.4. The standard InChI is InChI=1S/C60H30N8/c61-31-41-21-59(67-55-23-43(33-63)47(37-13-5-1-6-14-37)27-51(55)52-28-48(38-15-7-2-8-16-38)44(34-64)24-56(52)67)60(22-42(41)32-62)68-57-25-45(35-65)49(39-17-9-3-10-18-39)29-53(57)54-30-50(40-19-11-4-12-20-40)46(36-66)26-58(54)68/h1-30H. The molecule has 0 aliphatic rings. The molecule has 0 aliphatic heterocycles. The maximum atomic E-state index is 10.8. The number of hydrogen-bond donors (Lipinski definition) is 0. The zero-order valence-electron chi connectivity index (χ0n) is 35.9. The van der Waals surface area contributed by atoms with Crippen LogP contribution in [-0.2, 0) is 0 Å². The van der Waals surface area contributed by atoms with Crippen LogP contribution in [0.3, 0.4) is 0 Å². The summed E-state index contributed by atoms with van der Waals surface area (Å²) in [4.78, 5) is 0. The Morgan fingerprint density at radius 1 is 0.250 bits per heavy atom. The van der Waals surface area contributed by atoms with Crippen LogP contribution in [0.5, 0.6) is 0 Å². The molecule has 11 aromatic rings. The number of fused-ring (bicyclic) bond motifs is 6. The fraction of sp³-hybridized carbons (Fsp3) is 0. The van der Waals surface area contributed by atoms with E-state index in [4.69, 9.17) is 0 Å². The van der Waals surface area contributed by atoms with Crippen LogP contribution in [-0.4, -0.2) is 9.13 Å². The zero-order chi connectivity index (χ0) is 46.5. The predicted molar refractivity (Wildman–Crippen MR) is 265 cm³/mol. The molecular formula is C60H30N8. The Morgan fingerprint density at radius 2 is 0.471 bits per heavy atom. The van der Waals surface area contributed by atoms with Crippen LogP contribution < -0.4 is 0 Å². The second kappa shape index (κ2) is 16.3. The van der Waals surface area contributed by atoms with Crippen LogP contribution in [0.1, 0.15) is 33.4 Å². The maximum Gasteiger partial charge on any atom is 0.101 e. The van der Waals surface area contributed by atoms with E-state index < -0.39 is 0 Å². The van der Waals surface area contributed by atoms with E-state index >= 15 is 0 Å². The molecule has 0 amide bonds. The molecule has 68 heavy (non-hydrogen) atoms. The molecule has 0 aliphatic carbocycles. The minimum atomic E-state index is 0.109. The van der Waals surface area contributed by atoms with Gasteiger partial charge in [-0.2, -0.15) is 31.6 Å². The summed E-state index contributed by atoms with van der Waals surface area (Å²) in [5.41, 5.74) is 11.6. The van der Waals surface area contributed by atoms with Crippen LogP contribution in [0.15, 0.2) is 182 Å². The molecule has 8 nitrogen and oxygen atoms in total. The molecule has 0 N–H and O–H groups in total. The Kier molecular flexibility index (Phi) is 9.64. The lowest BCUT2D eigenvalue weighted by Crippen LogP contribution is -2.06. The molecular weight excluding hydrogens is 833 g/mol. The third-order valence-electron chi connectivity index (χ3n) is 12.7. The summed E-state index contributed by atoms with van der Waals surface area (Å²) in [6.45, 7) is 0. The highest BCUT2D eigenvalue weighted by molar-refractivity contribution is 6.15. The van der Waals surface area contributed by atoms with Gasteiger partial charge in [0.25, 0.3) is 0 Å². The van der Waals surface area contributed by atoms with Crippen LogP contribution >= 0.6 is 0 Å². The van der Waals surface area contributed by atoms with Crippen molar-refractivity contribution in [1.29, 1.82) is 31.6 Å². The molecule has 9 aromatic carbocycles. The number of aromatic nitrogens is 2. The Balaban J connectivity index is 1.33. The number of nitriles is 6. The van der Waals surface area contributed by atoms with Gasteiger partial charge in [-0.25, -0.2) is 0 Å². The van der Waals surface area contributed by atoms with E-state index in [2.05, 4.69) is 36.4 Å². The van der Waals surface area contributed by atoms with Gasteiger partial charge in [0.15, 0.2) is 0 Å². The van der Waals surface area contributed by atoms with Gasteiger partial charge in [0.05, 0.1) is 91.1 Å². The van der Waals surface area contributed by atoms with E-state index in [9.17, 15) is 31.6 Å². The van der Waals surface area contributed by atoms with Crippen molar-refractivity contribution in [1.82, 2.24) is 9.13 Å². The normalized spacial score (nSPS) is 10.9. The first-order valence-electron chi connectivity index (χ1n) is 21.6. The highest BCUT2D eigenvalue weighted by atomic mass is 15.1. The quantitative estimate of drug-likeness (QED) is 0.162. The van der Waals surface area contributed by atoms with Crippen molar-refractivity contribution in [3.8, 4) is 92.3 Å². The summed E-state index contributed by atoms with van der Waals surface area (Å²) in [5.74, 6) is 0. The van der Waals surface area contributed by atoms with Gasteiger partial charge in [0.2, 0.25) is 0 Å². The van der Waals surface area contributed by atoms with Crippen molar-refractivity contribution in [3.63, 3.8) is 0 Å². The third kappa shape index (κ3) is 6.33. The van der Waals surface area contributed by atoms with Gasteiger partial charge < -0.3 is 9.13 Å². The average molecular weight is 863 g/mol. The smallest absolute Gasteiger partial charge is 0.101 e. The van der Waals surface area contributed by atoms with Crippen LogP contribution in [0.4, 0.5) is 0 Å². The van der Waals surface area contributed by atoms with E-state index in [0.29, 0.717) is 55.7 Å². The van der Waals surface area contributed by atoms with Gasteiger partial charge in [-0.1, -0.05) is 121 Å². The number of rotatable bonds is 6. The van der Waals surface area contributed by atoms with Gasteiger partial charge in [0, 0.05) is 43.8 Å². The van der Waals surface area contributed by atoms with Gasteiger partial charge in [0.1, 0.15) is 12.1 Å². The largest absolute Gasteiger partial charge is 0.307 e. The molecule has 0 radical (unpaired) electrons. The van der Waals surface area contributed by atoms with E-state index in [1.807, 2.05) is 179 Å². The summed E-state index contributed by atoms with van der Waals surface area (Å²) in [6, 6.07) is 71.8. The van der Waals surface area contributed by atoms with E-state index in [-0.39, 0.29) is 11.1 Å². The van der Waals surface area contributed by atoms with Crippen LogP contribution in [0.25, 0.3) is 99.5 Å². The molecule has 2 heterocycles.